The quantitative estimate of drug-likeness (QED) is 0.533. The van der Waals surface area contributed by atoms with Gasteiger partial charge in [0.1, 0.15) is 0 Å². The number of allylic oxidation sites excluding steroid dienone is 2. The van der Waals surface area contributed by atoms with Gasteiger partial charge in [0.2, 0.25) is 0 Å². The predicted octanol–water partition coefficient (Wildman–Crippen LogP) is 7.02. The fraction of sp³-hybridized carbons (Fsp3) is 0.852. The minimum atomic E-state index is 0.560. The molecule has 3 aliphatic carbocycles. The average Bonchev–Trinajstić information content (AvgIpc) is 2.72. The van der Waals surface area contributed by atoms with Crippen LogP contribution in [0.3, 0.4) is 0 Å². The first kappa shape index (κ1) is 21.5. The number of hydrogen-bond acceptors (Lipinski definition) is 2. The molecule has 164 valence electrons. The van der Waals surface area contributed by atoms with Crippen LogP contribution >= 0.6 is 0 Å². The Morgan fingerprint density at radius 1 is 0.655 bits per heavy atom. The number of rotatable bonds is 3. The molecule has 2 atom stereocenters. The standard InChI is InChI=1S/C27H46N2/c1-3-8-14-22(15-9-4-1)23-20-26-25(18-12-5-2-6-13-19-28-26)27(21-23)29-24-16-10-7-11-17-24/h20-22,24-26,28-29H,1-19H2. The molecule has 0 spiro atoms. The summed E-state index contributed by atoms with van der Waals surface area (Å²) in [7, 11) is 0. The Kier molecular flexibility index (Phi) is 8.58. The monoisotopic (exact) mass is 398 g/mol. The van der Waals surface area contributed by atoms with Crippen LogP contribution in [0.5, 0.6) is 0 Å². The Balaban J connectivity index is 1.54. The van der Waals surface area contributed by atoms with Gasteiger partial charge < -0.3 is 10.6 Å². The molecular weight excluding hydrogens is 352 g/mol. The van der Waals surface area contributed by atoms with Crippen LogP contribution in [0.1, 0.15) is 116 Å². The topological polar surface area (TPSA) is 24.1 Å². The summed E-state index contributed by atoms with van der Waals surface area (Å²) in [4.78, 5) is 0. The van der Waals surface area contributed by atoms with E-state index in [1.165, 1.54) is 122 Å². The van der Waals surface area contributed by atoms with Crippen molar-refractivity contribution in [1.82, 2.24) is 10.6 Å². The van der Waals surface area contributed by atoms with E-state index in [0.29, 0.717) is 12.0 Å². The largest absolute Gasteiger partial charge is 0.385 e. The highest BCUT2D eigenvalue weighted by molar-refractivity contribution is 5.35. The molecule has 1 aliphatic heterocycles. The maximum atomic E-state index is 4.12. The normalized spacial score (nSPS) is 31.6. The highest BCUT2D eigenvalue weighted by Crippen LogP contribution is 2.36. The minimum absolute atomic E-state index is 0.560. The SMILES string of the molecule is C1=C(C2CCCCCCC2)C=C(NC2CCCCC2)C2CCCCCCCNC12. The molecule has 2 unspecified atom stereocenters. The minimum Gasteiger partial charge on any atom is -0.385 e. The van der Waals surface area contributed by atoms with E-state index in [-0.39, 0.29) is 0 Å². The molecule has 1 saturated heterocycles. The summed E-state index contributed by atoms with van der Waals surface area (Å²) in [5.41, 5.74) is 3.28. The van der Waals surface area contributed by atoms with Crippen LogP contribution in [0.2, 0.25) is 0 Å². The summed E-state index contributed by atoms with van der Waals surface area (Å²) >= 11 is 0. The zero-order valence-electron chi connectivity index (χ0n) is 18.9. The van der Waals surface area contributed by atoms with Crippen LogP contribution in [0.25, 0.3) is 0 Å². The molecular formula is C27H46N2. The summed E-state index contributed by atoms with van der Waals surface area (Å²) in [6, 6.07) is 1.28. The third-order valence-electron chi connectivity index (χ3n) is 8.15. The van der Waals surface area contributed by atoms with Crippen LogP contribution < -0.4 is 10.6 Å². The Morgan fingerprint density at radius 2 is 1.24 bits per heavy atom. The van der Waals surface area contributed by atoms with E-state index < -0.39 is 0 Å². The van der Waals surface area contributed by atoms with Crippen molar-refractivity contribution in [1.29, 1.82) is 0 Å². The summed E-state index contributed by atoms with van der Waals surface area (Å²) in [6.07, 6.45) is 30.8. The van der Waals surface area contributed by atoms with Crippen LogP contribution in [0.4, 0.5) is 0 Å². The van der Waals surface area contributed by atoms with Gasteiger partial charge in [-0.05, 0) is 62.6 Å². The van der Waals surface area contributed by atoms with E-state index in [0.717, 1.165) is 12.0 Å². The van der Waals surface area contributed by atoms with Crippen LogP contribution in [-0.4, -0.2) is 18.6 Å². The van der Waals surface area contributed by atoms with Gasteiger partial charge in [0, 0.05) is 23.7 Å². The van der Waals surface area contributed by atoms with Crippen molar-refractivity contribution in [3.05, 3.63) is 23.4 Å². The van der Waals surface area contributed by atoms with Gasteiger partial charge in [0.05, 0.1) is 0 Å². The van der Waals surface area contributed by atoms with E-state index in [9.17, 15) is 0 Å². The number of hydrogen-bond donors (Lipinski definition) is 2. The van der Waals surface area contributed by atoms with E-state index in [2.05, 4.69) is 22.8 Å². The molecule has 0 aromatic carbocycles. The molecule has 0 bridgehead atoms. The van der Waals surface area contributed by atoms with Gasteiger partial charge in [0.15, 0.2) is 0 Å². The second-order valence-electron chi connectivity index (χ2n) is 10.4. The smallest absolute Gasteiger partial charge is 0.0338 e. The molecule has 2 nitrogen and oxygen atoms in total. The summed E-state index contributed by atoms with van der Waals surface area (Å²) in [6.45, 7) is 1.20. The fourth-order valence-electron chi connectivity index (χ4n) is 6.35. The maximum Gasteiger partial charge on any atom is 0.0338 e. The lowest BCUT2D eigenvalue weighted by atomic mass is 9.77. The van der Waals surface area contributed by atoms with Gasteiger partial charge in [-0.25, -0.2) is 0 Å². The third-order valence-corrected chi connectivity index (χ3v) is 8.15. The first-order valence-corrected chi connectivity index (χ1v) is 13.3. The summed E-state index contributed by atoms with van der Waals surface area (Å²) in [5, 5.41) is 8.12. The second-order valence-corrected chi connectivity index (χ2v) is 10.4. The molecule has 2 saturated carbocycles. The second kappa shape index (κ2) is 11.6. The van der Waals surface area contributed by atoms with Crippen molar-refractivity contribution >= 4 is 0 Å². The van der Waals surface area contributed by atoms with E-state index in [4.69, 9.17) is 0 Å². The lowest BCUT2D eigenvalue weighted by Crippen LogP contribution is -2.44. The molecule has 0 radical (unpaired) electrons. The van der Waals surface area contributed by atoms with Gasteiger partial charge in [-0.1, -0.05) is 83.1 Å². The Bertz CT molecular complexity index is 535. The molecule has 0 amide bonds. The van der Waals surface area contributed by atoms with Gasteiger partial charge in [-0.15, -0.1) is 0 Å². The molecule has 2 heteroatoms. The first-order chi connectivity index (χ1) is 14.4. The zero-order valence-corrected chi connectivity index (χ0v) is 18.9. The van der Waals surface area contributed by atoms with Gasteiger partial charge in [-0.2, -0.15) is 0 Å². The van der Waals surface area contributed by atoms with Crippen LogP contribution in [0.15, 0.2) is 23.4 Å². The first-order valence-electron chi connectivity index (χ1n) is 13.3. The molecule has 0 aromatic heterocycles. The van der Waals surface area contributed by atoms with Crippen molar-refractivity contribution in [2.24, 2.45) is 11.8 Å². The fourth-order valence-corrected chi connectivity index (χ4v) is 6.35. The van der Waals surface area contributed by atoms with Gasteiger partial charge in [0.25, 0.3) is 0 Å². The Hall–Kier alpha value is -0.760. The highest BCUT2D eigenvalue weighted by Gasteiger charge is 2.31. The molecule has 1 heterocycles. The summed E-state index contributed by atoms with van der Waals surface area (Å²) < 4.78 is 0. The summed E-state index contributed by atoms with van der Waals surface area (Å²) in [5.74, 6) is 1.48. The molecule has 29 heavy (non-hydrogen) atoms. The molecule has 4 rings (SSSR count). The molecule has 3 fully saturated rings. The molecule has 0 aromatic rings. The van der Waals surface area contributed by atoms with E-state index >= 15 is 0 Å². The Morgan fingerprint density at radius 3 is 2.00 bits per heavy atom. The van der Waals surface area contributed by atoms with Crippen molar-refractivity contribution in [3.8, 4) is 0 Å². The highest BCUT2D eigenvalue weighted by atomic mass is 15.0. The zero-order chi connectivity index (χ0) is 19.7. The van der Waals surface area contributed by atoms with Crippen molar-refractivity contribution < 1.29 is 0 Å². The lowest BCUT2D eigenvalue weighted by Gasteiger charge is -2.38. The van der Waals surface area contributed by atoms with Crippen molar-refractivity contribution in [3.63, 3.8) is 0 Å². The predicted molar refractivity (Wildman–Crippen MR) is 125 cm³/mol. The number of nitrogens with one attached hydrogen (secondary N) is 2. The van der Waals surface area contributed by atoms with E-state index in [1.54, 1.807) is 11.3 Å². The van der Waals surface area contributed by atoms with E-state index in [1.807, 2.05) is 0 Å². The molecule has 2 N–H and O–H groups in total. The van der Waals surface area contributed by atoms with Crippen molar-refractivity contribution in [2.45, 2.75) is 128 Å². The molecule has 4 aliphatic rings. The lowest BCUT2D eigenvalue weighted by molar-refractivity contribution is 0.331. The third kappa shape index (κ3) is 6.36. The van der Waals surface area contributed by atoms with Crippen LogP contribution in [-0.2, 0) is 0 Å². The number of fused-ring (bicyclic) bond motifs is 1. The Labute approximate surface area is 180 Å². The van der Waals surface area contributed by atoms with Crippen molar-refractivity contribution in [2.75, 3.05) is 6.54 Å². The average molecular weight is 399 g/mol. The van der Waals surface area contributed by atoms with Gasteiger partial charge in [-0.3, -0.25) is 0 Å². The van der Waals surface area contributed by atoms with Gasteiger partial charge >= 0.3 is 0 Å². The van der Waals surface area contributed by atoms with Crippen LogP contribution in [0, 0.1) is 11.8 Å². The maximum absolute atomic E-state index is 4.12.